The maximum Gasteiger partial charge on any atom is 0.343 e. The minimum absolute atomic E-state index is 0.392. The largest absolute Gasteiger partial charge is 0.423 e. The Morgan fingerprint density at radius 2 is 1.91 bits per heavy atom. The Morgan fingerprint density at radius 3 is 2.57 bits per heavy atom. The highest BCUT2D eigenvalue weighted by atomic mass is 32.1. The lowest BCUT2D eigenvalue weighted by atomic mass is 10.2. The second-order valence-electron chi connectivity index (χ2n) is 4.58. The van der Waals surface area contributed by atoms with Gasteiger partial charge in [-0.2, -0.15) is 14.9 Å². The Kier molecular flexibility index (Phi) is 4.39. The summed E-state index contributed by atoms with van der Waals surface area (Å²) >= 11 is 4.99. The molecular weight excluding hydrogens is 312 g/mol. The minimum atomic E-state index is -0.392. The van der Waals surface area contributed by atoms with Gasteiger partial charge in [-0.3, -0.25) is 5.10 Å². The third-order valence-electron chi connectivity index (χ3n) is 2.97. The lowest BCUT2D eigenvalue weighted by Crippen LogP contribution is -2.08. The van der Waals surface area contributed by atoms with Crippen LogP contribution >= 0.6 is 12.2 Å². The number of carbonyl (C=O) groups is 1. The van der Waals surface area contributed by atoms with E-state index in [9.17, 15) is 4.79 Å². The first-order valence-corrected chi connectivity index (χ1v) is 7.17. The minimum Gasteiger partial charge on any atom is -0.423 e. The van der Waals surface area contributed by atoms with Gasteiger partial charge in [-0.05, 0) is 54.2 Å². The molecule has 0 saturated carbocycles. The van der Waals surface area contributed by atoms with Gasteiger partial charge in [0.15, 0.2) is 0 Å². The monoisotopic (exact) mass is 324 g/mol. The molecule has 1 heterocycles. The van der Waals surface area contributed by atoms with Crippen molar-refractivity contribution in [2.75, 3.05) is 0 Å². The lowest BCUT2D eigenvalue weighted by molar-refractivity contribution is 0.0735. The molecule has 0 saturated heterocycles. The maximum absolute atomic E-state index is 11.9. The summed E-state index contributed by atoms with van der Waals surface area (Å²) in [7, 11) is 0. The molecule has 2 aromatic carbocycles. The molecule has 114 valence electrons. The maximum atomic E-state index is 11.9. The van der Waals surface area contributed by atoms with Crippen LogP contribution in [-0.2, 0) is 0 Å². The van der Waals surface area contributed by atoms with Crippen LogP contribution < -0.4 is 4.74 Å². The highest BCUT2D eigenvalue weighted by molar-refractivity contribution is 7.71. The molecule has 0 bridgehead atoms. The summed E-state index contributed by atoms with van der Waals surface area (Å²) in [5.41, 5.74) is 1.35. The fourth-order valence-electron chi connectivity index (χ4n) is 1.82. The molecular formula is C16H12N4O2S. The van der Waals surface area contributed by atoms with Crippen molar-refractivity contribution in [3.63, 3.8) is 0 Å². The van der Waals surface area contributed by atoms with Crippen LogP contribution in [0.1, 0.15) is 15.9 Å². The third-order valence-corrected chi connectivity index (χ3v) is 3.25. The number of esters is 1. The Labute approximate surface area is 137 Å². The average molecular weight is 324 g/mol. The van der Waals surface area contributed by atoms with E-state index in [0.29, 0.717) is 16.1 Å². The van der Waals surface area contributed by atoms with Gasteiger partial charge in [0.25, 0.3) is 0 Å². The van der Waals surface area contributed by atoms with Crippen LogP contribution in [0.15, 0.2) is 66.0 Å². The molecule has 1 N–H and O–H groups in total. The zero-order chi connectivity index (χ0) is 16.1. The van der Waals surface area contributed by atoms with E-state index in [2.05, 4.69) is 15.3 Å². The quantitative estimate of drug-likeness (QED) is 0.346. The zero-order valence-electron chi connectivity index (χ0n) is 11.9. The number of rotatable bonds is 4. The number of nitrogens with one attached hydrogen (secondary N) is 1. The molecule has 0 radical (unpaired) electrons. The molecule has 3 rings (SSSR count). The summed E-state index contributed by atoms with van der Waals surface area (Å²) in [6.07, 6.45) is 3.11. The fraction of sp³-hybridized carbons (Fsp3) is 0. The number of hydrogen-bond donors (Lipinski definition) is 1. The molecule has 0 spiro atoms. The van der Waals surface area contributed by atoms with E-state index < -0.39 is 5.97 Å². The van der Waals surface area contributed by atoms with Gasteiger partial charge >= 0.3 is 5.97 Å². The smallest absolute Gasteiger partial charge is 0.343 e. The predicted octanol–water partition coefficient (Wildman–Crippen LogP) is 3.04. The number of nitrogens with zero attached hydrogens (tertiary/aromatic N) is 3. The van der Waals surface area contributed by atoms with Crippen LogP contribution in [0, 0.1) is 4.77 Å². The SMILES string of the molecule is O=C(Oc1ccc(/C=N/n2cn[nH]c2=S)cc1)c1ccccc1. The van der Waals surface area contributed by atoms with Crippen molar-refractivity contribution < 1.29 is 9.53 Å². The Balaban J connectivity index is 1.68. The molecule has 7 heteroatoms. The van der Waals surface area contributed by atoms with E-state index in [0.717, 1.165) is 5.56 Å². The van der Waals surface area contributed by atoms with Crippen LogP contribution in [0.5, 0.6) is 5.75 Å². The van der Waals surface area contributed by atoms with Crippen LogP contribution in [0.25, 0.3) is 0 Å². The summed E-state index contributed by atoms with van der Waals surface area (Å²) in [5.74, 6) is 0.0765. The van der Waals surface area contributed by atoms with E-state index in [4.69, 9.17) is 17.0 Å². The molecule has 0 fully saturated rings. The normalized spacial score (nSPS) is 10.8. The number of hydrogen-bond acceptors (Lipinski definition) is 5. The number of ether oxygens (including phenoxy) is 1. The Morgan fingerprint density at radius 1 is 1.17 bits per heavy atom. The Hall–Kier alpha value is -3.06. The molecule has 0 amide bonds. The molecule has 3 aromatic rings. The van der Waals surface area contributed by atoms with Crippen molar-refractivity contribution in [1.29, 1.82) is 0 Å². The van der Waals surface area contributed by atoms with Crippen LogP contribution in [0.3, 0.4) is 0 Å². The van der Waals surface area contributed by atoms with Crippen molar-refractivity contribution in [2.45, 2.75) is 0 Å². The van der Waals surface area contributed by atoms with E-state index in [1.165, 1.54) is 11.0 Å². The second-order valence-corrected chi connectivity index (χ2v) is 4.96. The van der Waals surface area contributed by atoms with Crippen molar-refractivity contribution in [1.82, 2.24) is 14.9 Å². The molecule has 1 aromatic heterocycles. The first-order chi connectivity index (χ1) is 11.2. The second kappa shape index (κ2) is 6.80. The van der Waals surface area contributed by atoms with Gasteiger partial charge in [-0.25, -0.2) is 4.79 Å². The van der Waals surface area contributed by atoms with Gasteiger partial charge in [0.2, 0.25) is 4.77 Å². The standard InChI is InChI=1S/C16H12N4O2S/c21-15(13-4-2-1-3-5-13)22-14-8-6-12(7-9-14)10-18-20-11-17-19-16(20)23/h1-11H,(H,19,23)/b18-10+. The topological polar surface area (TPSA) is 72.3 Å². The van der Waals surface area contributed by atoms with Crippen molar-refractivity contribution in [2.24, 2.45) is 5.10 Å². The molecule has 0 atom stereocenters. The zero-order valence-corrected chi connectivity index (χ0v) is 12.7. The lowest BCUT2D eigenvalue weighted by Gasteiger charge is -2.04. The van der Waals surface area contributed by atoms with E-state index in [-0.39, 0.29) is 0 Å². The van der Waals surface area contributed by atoms with Crippen molar-refractivity contribution >= 4 is 24.4 Å². The molecule has 6 nitrogen and oxygen atoms in total. The van der Waals surface area contributed by atoms with Gasteiger partial charge in [-0.1, -0.05) is 18.2 Å². The number of H-pyrrole nitrogens is 1. The Bertz CT molecular complexity index is 882. The molecule has 23 heavy (non-hydrogen) atoms. The van der Waals surface area contributed by atoms with Gasteiger partial charge < -0.3 is 4.74 Å². The molecule has 0 aliphatic carbocycles. The first-order valence-electron chi connectivity index (χ1n) is 6.76. The summed E-state index contributed by atoms with van der Waals surface area (Å²) in [4.78, 5) is 11.9. The highest BCUT2D eigenvalue weighted by Crippen LogP contribution is 2.13. The third kappa shape index (κ3) is 3.78. The molecule has 0 aliphatic rings. The van der Waals surface area contributed by atoms with Crippen molar-refractivity contribution in [3.05, 3.63) is 76.8 Å². The molecule has 0 unspecified atom stereocenters. The van der Waals surface area contributed by atoms with E-state index >= 15 is 0 Å². The number of aromatic amines is 1. The fourth-order valence-corrected chi connectivity index (χ4v) is 1.96. The van der Waals surface area contributed by atoms with Crippen LogP contribution in [0.2, 0.25) is 0 Å². The number of aromatic nitrogens is 3. The average Bonchev–Trinajstić information content (AvgIpc) is 3.00. The summed E-state index contributed by atoms with van der Waals surface area (Å²) in [5, 5.41) is 10.5. The van der Waals surface area contributed by atoms with Gasteiger partial charge in [0, 0.05) is 0 Å². The van der Waals surface area contributed by atoms with Gasteiger partial charge in [-0.15, -0.1) is 0 Å². The van der Waals surface area contributed by atoms with Crippen LogP contribution in [0.4, 0.5) is 0 Å². The molecule has 0 aliphatic heterocycles. The van der Waals surface area contributed by atoms with E-state index in [1.54, 1.807) is 54.7 Å². The van der Waals surface area contributed by atoms with Crippen LogP contribution in [-0.4, -0.2) is 27.1 Å². The summed E-state index contributed by atoms with van der Waals surface area (Å²) in [6, 6.07) is 15.8. The first kappa shape index (κ1) is 14.9. The number of carbonyl (C=O) groups excluding carboxylic acids is 1. The van der Waals surface area contributed by atoms with Crippen molar-refractivity contribution in [3.8, 4) is 5.75 Å². The van der Waals surface area contributed by atoms with E-state index in [1.807, 2.05) is 6.07 Å². The highest BCUT2D eigenvalue weighted by Gasteiger charge is 2.07. The van der Waals surface area contributed by atoms with Gasteiger partial charge in [0.05, 0.1) is 11.8 Å². The summed E-state index contributed by atoms with van der Waals surface area (Å²) in [6.45, 7) is 0. The van der Waals surface area contributed by atoms with Gasteiger partial charge in [0.1, 0.15) is 12.1 Å². The predicted molar refractivity (Wildman–Crippen MR) is 88.2 cm³/mol. The summed E-state index contributed by atoms with van der Waals surface area (Å²) < 4.78 is 7.16. The number of benzene rings is 2.